The van der Waals surface area contributed by atoms with Crippen molar-refractivity contribution in [3.05, 3.63) is 65.9 Å². The van der Waals surface area contributed by atoms with Gasteiger partial charge in [0.1, 0.15) is 17.8 Å². The molecule has 0 radical (unpaired) electrons. The predicted molar refractivity (Wildman–Crippen MR) is 190 cm³/mol. The first kappa shape index (κ1) is 36.4. The SMILES string of the molecule is CC(C)[C@@H]1CC[C@@H](C)CC(=O)N[C@@H](Cc2ccc(O)cc2)C(=O)NCCCC(=O)N2C[C@H](NC(=O)c3cn(C)c4ccccc34)C[C@H]2C(=O)N1. The van der Waals surface area contributed by atoms with E-state index in [1.54, 1.807) is 35.4 Å². The van der Waals surface area contributed by atoms with Crippen LogP contribution in [0.3, 0.4) is 0 Å². The van der Waals surface area contributed by atoms with Crippen molar-refractivity contribution < 1.29 is 29.1 Å². The summed E-state index contributed by atoms with van der Waals surface area (Å²) in [5.41, 5.74) is 2.25. The lowest BCUT2D eigenvalue weighted by Gasteiger charge is -2.29. The normalized spacial score (nSPS) is 24.6. The minimum atomic E-state index is -0.828. The second-order valence-corrected chi connectivity index (χ2v) is 14.3. The molecule has 2 aliphatic heterocycles. The van der Waals surface area contributed by atoms with Gasteiger partial charge >= 0.3 is 0 Å². The molecule has 5 amide bonds. The lowest BCUT2D eigenvalue weighted by molar-refractivity contribution is -0.139. The average Bonchev–Trinajstić information content (AvgIpc) is 3.66. The summed E-state index contributed by atoms with van der Waals surface area (Å²) in [4.78, 5) is 69.0. The summed E-state index contributed by atoms with van der Waals surface area (Å²) < 4.78 is 1.90. The predicted octanol–water partition coefficient (Wildman–Crippen LogP) is 3.17. The van der Waals surface area contributed by atoms with Gasteiger partial charge in [-0.25, -0.2) is 0 Å². The zero-order chi connectivity index (χ0) is 35.9. The summed E-state index contributed by atoms with van der Waals surface area (Å²) >= 11 is 0. The number of amides is 5. The van der Waals surface area contributed by atoms with Crippen molar-refractivity contribution in [1.29, 1.82) is 0 Å². The first-order valence-electron chi connectivity index (χ1n) is 17.7. The number of aromatic nitrogens is 1. The van der Waals surface area contributed by atoms with Crippen LogP contribution in [0.15, 0.2) is 54.7 Å². The van der Waals surface area contributed by atoms with Gasteiger partial charge in [-0.15, -0.1) is 0 Å². The molecule has 12 heteroatoms. The summed E-state index contributed by atoms with van der Waals surface area (Å²) in [6, 6.07) is 12.0. The summed E-state index contributed by atoms with van der Waals surface area (Å²) in [7, 11) is 1.89. The van der Waals surface area contributed by atoms with Crippen LogP contribution in [0.1, 0.15) is 75.2 Å². The van der Waals surface area contributed by atoms with Crippen molar-refractivity contribution >= 4 is 40.4 Å². The third-order valence-corrected chi connectivity index (χ3v) is 9.93. The number of aryl methyl sites for hydroxylation is 1. The van der Waals surface area contributed by atoms with E-state index >= 15 is 0 Å². The van der Waals surface area contributed by atoms with Crippen molar-refractivity contribution in [3.63, 3.8) is 0 Å². The van der Waals surface area contributed by atoms with Crippen LogP contribution in [0.4, 0.5) is 0 Å². The van der Waals surface area contributed by atoms with Gasteiger partial charge in [-0.1, -0.05) is 51.1 Å². The standard InChI is InChI=1S/C38H50N6O6/c1-23(2)30-16-11-24(3)18-34(46)41-31(19-25-12-14-27(45)15-13-25)37(49)39-17-7-10-35(47)44-21-26(20-33(44)38(50)42-30)40-36(48)29-22-43(4)32-9-6-5-8-28(29)32/h5-6,8-9,12-15,22-24,26,30-31,33,45H,7,10-11,16-21H2,1-4H3,(H,39,49)(H,40,48)(H,41,46)(H,42,50)/t24-,26-,30+,31+,33+/m1/s1. The molecular formula is C38H50N6O6. The maximum Gasteiger partial charge on any atom is 0.253 e. The molecule has 0 saturated carbocycles. The van der Waals surface area contributed by atoms with Crippen LogP contribution in [-0.4, -0.2) is 81.4 Å². The number of phenols is 1. The van der Waals surface area contributed by atoms with E-state index < -0.39 is 18.1 Å². The molecule has 2 fully saturated rings. The Morgan fingerprint density at radius 2 is 1.74 bits per heavy atom. The molecule has 5 rings (SSSR count). The summed E-state index contributed by atoms with van der Waals surface area (Å²) in [5, 5.41) is 22.6. The molecule has 0 spiro atoms. The largest absolute Gasteiger partial charge is 0.508 e. The highest BCUT2D eigenvalue weighted by Crippen LogP contribution is 2.25. The highest BCUT2D eigenvalue weighted by molar-refractivity contribution is 6.07. The Labute approximate surface area is 293 Å². The molecule has 3 heterocycles. The van der Waals surface area contributed by atoms with Crippen LogP contribution in [0.5, 0.6) is 5.75 Å². The second-order valence-electron chi connectivity index (χ2n) is 14.3. The fourth-order valence-corrected chi connectivity index (χ4v) is 7.03. The Kier molecular flexibility index (Phi) is 11.8. The van der Waals surface area contributed by atoms with E-state index in [9.17, 15) is 29.1 Å². The second kappa shape index (κ2) is 16.2. The van der Waals surface area contributed by atoms with E-state index in [-0.39, 0.29) is 91.9 Å². The van der Waals surface area contributed by atoms with Gasteiger partial charge in [-0.3, -0.25) is 24.0 Å². The zero-order valence-corrected chi connectivity index (χ0v) is 29.4. The molecule has 2 aromatic carbocycles. The van der Waals surface area contributed by atoms with Gasteiger partial charge in [0, 0.05) is 68.6 Å². The minimum Gasteiger partial charge on any atom is -0.508 e. The van der Waals surface area contributed by atoms with E-state index in [1.807, 2.05) is 56.7 Å². The molecule has 0 aliphatic carbocycles. The van der Waals surface area contributed by atoms with E-state index in [0.717, 1.165) is 16.5 Å². The Morgan fingerprint density at radius 3 is 2.48 bits per heavy atom. The van der Waals surface area contributed by atoms with E-state index in [0.29, 0.717) is 24.8 Å². The monoisotopic (exact) mass is 686 g/mol. The molecule has 268 valence electrons. The first-order valence-corrected chi connectivity index (χ1v) is 17.7. The van der Waals surface area contributed by atoms with Crippen LogP contribution in [0.2, 0.25) is 0 Å². The summed E-state index contributed by atoms with van der Waals surface area (Å²) in [6.45, 7) is 6.44. The van der Waals surface area contributed by atoms with Crippen LogP contribution >= 0.6 is 0 Å². The van der Waals surface area contributed by atoms with Gasteiger partial charge in [-0.2, -0.15) is 0 Å². The van der Waals surface area contributed by atoms with Crippen molar-refractivity contribution in [3.8, 4) is 5.75 Å². The number of fused-ring (bicyclic) bond motifs is 2. The smallest absolute Gasteiger partial charge is 0.253 e. The number of nitrogens with one attached hydrogen (secondary N) is 4. The van der Waals surface area contributed by atoms with Crippen molar-refractivity contribution in [2.45, 2.75) is 89.9 Å². The molecule has 0 unspecified atom stereocenters. The lowest BCUT2D eigenvalue weighted by Crippen LogP contribution is -2.50. The van der Waals surface area contributed by atoms with Crippen LogP contribution < -0.4 is 21.3 Å². The zero-order valence-electron chi connectivity index (χ0n) is 29.4. The molecule has 3 aromatic rings. The number of benzene rings is 2. The Bertz CT molecular complexity index is 1700. The number of hydrogen-bond donors (Lipinski definition) is 5. The highest BCUT2D eigenvalue weighted by Gasteiger charge is 2.41. The highest BCUT2D eigenvalue weighted by atomic mass is 16.3. The third kappa shape index (κ3) is 9.02. The third-order valence-electron chi connectivity index (χ3n) is 9.93. The number of rotatable bonds is 5. The van der Waals surface area contributed by atoms with Gasteiger partial charge in [-0.05, 0) is 61.3 Å². The summed E-state index contributed by atoms with van der Waals surface area (Å²) in [6.07, 6.45) is 4.27. The molecule has 5 atom stereocenters. The maximum absolute atomic E-state index is 13.9. The van der Waals surface area contributed by atoms with Crippen molar-refractivity contribution in [2.75, 3.05) is 13.1 Å². The minimum absolute atomic E-state index is 0.0114. The van der Waals surface area contributed by atoms with Gasteiger partial charge in [0.25, 0.3) is 5.91 Å². The quantitative estimate of drug-likeness (QED) is 0.277. The fraction of sp³-hybridized carbons (Fsp3) is 0.500. The van der Waals surface area contributed by atoms with E-state index in [2.05, 4.69) is 21.3 Å². The first-order chi connectivity index (χ1) is 23.9. The van der Waals surface area contributed by atoms with Gasteiger partial charge in [0.05, 0.1) is 5.56 Å². The van der Waals surface area contributed by atoms with Gasteiger partial charge in [0.15, 0.2) is 0 Å². The van der Waals surface area contributed by atoms with Crippen LogP contribution in [-0.2, 0) is 32.6 Å². The number of aromatic hydroxyl groups is 1. The molecule has 12 nitrogen and oxygen atoms in total. The molecule has 2 saturated heterocycles. The Balaban J connectivity index is 1.32. The van der Waals surface area contributed by atoms with Crippen molar-refractivity contribution in [1.82, 2.24) is 30.7 Å². The van der Waals surface area contributed by atoms with E-state index in [4.69, 9.17) is 0 Å². The molecular weight excluding hydrogens is 636 g/mol. The molecule has 50 heavy (non-hydrogen) atoms. The Morgan fingerprint density at radius 1 is 1.00 bits per heavy atom. The topological polar surface area (TPSA) is 162 Å². The molecule has 2 aliphatic rings. The molecule has 5 N–H and O–H groups in total. The lowest BCUT2D eigenvalue weighted by atomic mass is 9.92. The number of hydrogen-bond acceptors (Lipinski definition) is 6. The number of carbonyl (C=O) groups is 5. The number of carbonyl (C=O) groups excluding carboxylic acids is 5. The number of para-hydroxylation sites is 1. The summed E-state index contributed by atoms with van der Waals surface area (Å²) in [5.74, 6) is -1.13. The Hall–Kier alpha value is -4.87. The van der Waals surface area contributed by atoms with E-state index in [1.165, 1.54) is 0 Å². The fourth-order valence-electron chi connectivity index (χ4n) is 7.03. The van der Waals surface area contributed by atoms with Crippen LogP contribution in [0, 0.1) is 11.8 Å². The van der Waals surface area contributed by atoms with Crippen LogP contribution in [0.25, 0.3) is 10.9 Å². The number of phenolic OH excluding ortho intramolecular Hbond substituents is 1. The average molecular weight is 687 g/mol. The van der Waals surface area contributed by atoms with Gasteiger partial charge < -0.3 is 35.8 Å². The molecule has 0 bridgehead atoms. The van der Waals surface area contributed by atoms with Crippen molar-refractivity contribution in [2.24, 2.45) is 18.9 Å². The number of nitrogens with zero attached hydrogens (tertiary/aromatic N) is 2. The maximum atomic E-state index is 13.9. The van der Waals surface area contributed by atoms with Gasteiger partial charge in [0.2, 0.25) is 23.6 Å². The molecule has 1 aromatic heterocycles.